The lowest BCUT2D eigenvalue weighted by atomic mass is 10.0. The van der Waals surface area contributed by atoms with Gasteiger partial charge < -0.3 is 5.32 Å². The maximum atomic E-state index is 13.2. The minimum absolute atomic E-state index is 0.0546. The second kappa shape index (κ2) is 7.92. The third-order valence-corrected chi connectivity index (χ3v) is 5.77. The molecule has 144 valence electrons. The van der Waals surface area contributed by atoms with E-state index in [1.807, 2.05) is 43.3 Å². The van der Waals surface area contributed by atoms with Gasteiger partial charge in [0, 0.05) is 28.5 Å². The van der Waals surface area contributed by atoms with Gasteiger partial charge in [-0.2, -0.15) is 0 Å². The molecule has 0 spiro atoms. The summed E-state index contributed by atoms with van der Waals surface area (Å²) in [6, 6.07) is 13.9. The highest BCUT2D eigenvalue weighted by molar-refractivity contribution is 9.09. The molecule has 28 heavy (non-hydrogen) atoms. The Bertz CT molecular complexity index is 1100. The van der Waals surface area contributed by atoms with Gasteiger partial charge in [0.05, 0.1) is 5.69 Å². The molecular formula is C23H23BrN2O2. The first-order valence-corrected chi connectivity index (χ1v) is 10.8. The highest BCUT2D eigenvalue weighted by Crippen LogP contribution is 2.21. The SMILES string of the molecule is Cc1ccc(C(=O)NC2CC2)cc1-n1ccc2ccc(CCCBr)cc2c1=O. The second-order valence-corrected chi connectivity index (χ2v) is 8.25. The Kier molecular flexibility index (Phi) is 5.36. The molecule has 0 aliphatic heterocycles. The van der Waals surface area contributed by atoms with Crippen LogP contribution in [-0.2, 0) is 6.42 Å². The number of nitrogens with one attached hydrogen (secondary N) is 1. The molecule has 1 aromatic heterocycles. The number of fused-ring (bicyclic) bond motifs is 1. The van der Waals surface area contributed by atoms with Gasteiger partial charge in [0.15, 0.2) is 0 Å². The Morgan fingerprint density at radius 2 is 2.00 bits per heavy atom. The molecule has 3 aromatic rings. The van der Waals surface area contributed by atoms with E-state index in [4.69, 9.17) is 0 Å². The maximum Gasteiger partial charge on any atom is 0.262 e. The quantitative estimate of drug-likeness (QED) is 0.575. The Morgan fingerprint density at radius 1 is 1.18 bits per heavy atom. The molecule has 4 nitrogen and oxygen atoms in total. The predicted molar refractivity (Wildman–Crippen MR) is 117 cm³/mol. The number of benzene rings is 2. The number of nitrogens with zero attached hydrogens (tertiary/aromatic N) is 1. The fourth-order valence-corrected chi connectivity index (χ4v) is 3.69. The number of aryl methyl sites for hydroxylation is 2. The Morgan fingerprint density at radius 3 is 2.75 bits per heavy atom. The van der Waals surface area contributed by atoms with Crippen molar-refractivity contribution in [2.75, 3.05) is 5.33 Å². The van der Waals surface area contributed by atoms with Crippen LogP contribution in [0.15, 0.2) is 53.5 Å². The zero-order valence-corrected chi connectivity index (χ0v) is 17.5. The summed E-state index contributed by atoms with van der Waals surface area (Å²) in [5.41, 5.74) is 3.41. The topological polar surface area (TPSA) is 51.1 Å². The summed E-state index contributed by atoms with van der Waals surface area (Å²) < 4.78 is 1.65. The molecule has 0 unspecified atom stereocenters. The fraction of sp³-hybridized carbons (Fsp3) is 0.304. The van der Waals surface area contributed by atoms with Gasteiger partial charge in [-0.05, 0) is 73.4 Å². The number of halogens is 1. The minimum Gasteiger partial charge on any atom is -0.349 e. The van der Waals surface area contributed by atoms with Gasteiger partial charge in [-0.15, -0.1) is 0 Å². The molecule has 0 bridgehead atoms. The third kappa shape index (κ3) is 3.90. The van der Waals surface area contributed by atoms with Crippen molar-refractivity contribution >= 4 is 32.6 Å². The van der Waals surface area contributed by atoms with Crippen molar-refractivity contribution < 1.29 is 4.79 Å². The monoisotopic (exact) mass is 438 g/mol. The van der Waals surface area contributed by atoms with Crippen LogP contribution in [0.4, 0.5) is 0 Å². The van der Waals surface area contributed by atoms with Gasteiger partial charge in [-0.3, -0.25) is 14.2 Å². The number of pyridine rings is 1. The standard InChI is InChI=1S/C23H23BrN2O2/c1-15-4-6-18(22(27)25-19-8-9-19)14-21(15)26-12-10-17-7-5-16(3-2-11-24)13-20(17)23(26)28/h4-7,10,12-14,19H,2-3,8-9,11H2,1H3,(H,25,27). The molecule has 0 saturated heterocycles. The van der Waals surface area contributed by atoms with E-state index in [0.29, 0.717) is 17.0 Å². The average Bonchev–Trinajstić information content (AvgIpc) is 3.51. The van der Waals surface area contributed by atoms with Crippen molar-refractivity contribution in [2.45, 2.75) is 38.6 Å². The minimum atomic E-state index is -0.0744. The first-order chi connectivity index (χ1) is 13.6. The number of amides is 1. The van der Waals surface area contributed by atoms with Crippen LogP contribution in [0.25, 0.3) is 16.5 Å². The van der Waals surface area contributed by atoms with Crippen molar-refractivity contribution in [2.24, 2.45) is 0 Å². The van der Waals surface area contributed by atoms with Crippen LogP contribution in [0.1, 0.15) is 40.7 Å². The smallest absolute Gasteiger partial charge is 0.262 e. The van der Waals surface area contributed by atoms with Crippen LogP contribution in [0.2, 0.25) is 0 Å². The van der Waals surface area contributed by atoms with E-state index in [-0.39, 0.29) is 11.5 Å². The first kappa shape index (κ1) is 18.9. The van der Waals surface area contributed by atoms with E-state index in [1.54, 1.807) is 10.8 Å². The summed E-state index contributed by atoms with van der Waals surface area (Å²) in [6.07, 6.45) is 5.86. The third-order valence-electron chi connectivity index (χ3n) is 5.21. The van der Waals surface area contributed by atoms with E-state index < -0.39 is 0 Å². The Labute approximate surface area is 172 Å². The average molecular weight is 439 g/mol. The lowest BCUT2D eigenvalue weighted by Gasteiger charge is -2.13. The summed E-state index contributed by atoms with van der Waals surface area (Å²) in [4.78, 5) is 25.7. The van der Waals surface area contributed by atoms with Crippen LogP contribution >= 0.6 is 15.9 Å². The fourth-order valence-electron chi connectivity index (χ4n) is 3.41. The largest absolute Gasteiger partial charge is 0.349 e. The van der Waals surface area contributed by atoms with Crippen molar-refractivity contribution in [3.63, 3.8) is 0 Å². The van der Waals surface area contributed by atoms with E-state index >= 15 is 0 Å². The van der Waals surface area contributed by atoms with Crippen LogP contribution in [-0.4, -0.2) is 21.8 Å². The van der Waals surface area contributed by atoms with Gasteiger partial charge in [-0.1, -0.05) is 34.1 Å². The zero-order chi connectivity index (χ0) is 19.7. The number of hydrogen-bond acceptors (Lipinski definition) is 2. The summed E-state index contributed by atoms with van der Waals surface area (Å²) in [5.74, 6) is -0.0744. The highest BCUT2D eigenvalue weighted by atomic mass is 79.9. The van der Waals surface area contributed by atoms with Crippen LogP contribution in [0.3, 0.4) is 0 Å². The van der Waals surface area contributed by atoms with Crippen LogP contribution < -0.4 is 10.9 Å². The lowest BCUT2D eigenvalue weighted by Crippen LogP contribution is -2.26. The van der Waals surface area contributed by atoms with E-state index in [0.717, 1.165) is 53.2 Å². The van der Waals surface area contributed by atoms with Gasteiger partial charge in [0.25, 0.3) is 11.5 Å². The molecule has 0 radical (unpaired) electrons. The predicted octanol–water partition coefficient (Wildman–Crippen LogP) is 4.52. The molecule has 2 aromatic carbocycles. The number of rotatable bonds is 6. The molecule has 4 rings (SSSR count). The summed E-state index contributed by atoms with van der Waals surface area (Å²) in [7, 11) is 0. The molecule has 1 saturated carbocycles. The van der Waals surface area contributed by atoms with Crippen LogP contribution in [0.5, 0.6) is 0 Å². The molecule has 1 aliphatic carbocycles. The van der Waals surface area contributed by atoms with Crippen LogP contribution in [0, 0.1) is 6.92 Å². The summed E-state index contributed by atoms with van der Waals surface area (Å²) in [6.45, 7) is 1.96. The molecule has 1 N–H and O–H groups in total. The lowest BCUT2D eigenvalue weighted by molar-refractivity contribution is 0.0951. The number of aromatic nitrogens is 1. The van der Waals surface area contributed by atoms with Crippen molar-refractivity contribution in [3.05, 3.63) is 75.7 Å². The number of carbonyl (C=O) groups excluding carboxylic acids is 1. The molecule has 1 amide bonds. The highest BCUT2D eigenvalue weighted by Gasteiger charge is 2.24. The van der Waals surface area contributed by atoms with Gasteiger partial charge in [0.1, 0.15) is 0 Å². The number of hydrogen-bond donors (Lipinski definition) is 1. The van der Waals surface area contributed by atoms with E-state index in [9.17, 15) is 9.59 Å². The summed E-state index contributed by atoms with van der Waals surface area (Å²) >= 11 is 3.46. The number of alkyl halides is 1. The molecule has 1 fully saturated rings. The molecule has 1 heterocycles. The molecule has 0 atom stereocenters. The Hall–Kier alpha value is -2.40. The van der Waals surface area contributed by atoms with Gasteiger partial charge >= 0.3 is 0 Å². The zero-order valence-electron chi connectivity index (χ0n) is 15.9. The van der Waals surface area contributed by atoms with E-state index in [2.05, 4.69) is 27.3 Å². The second-order valence-electron chi connectivity index (χ2n) is 7.45. The molecule has 1 aliphatic rings. The van der Waals surface area contributed by atoms with Crippen molar-refractivity contribution in [3.8, 4) is 5.69 Å². The van der Waals surface area contributed by atoms with Crippen molar-refractivity contribution in [1.29, 1.82) is 0 Å². The first-order valence-electron chi connectivity index (χ1n) is 9.69. The van der Waals surface area contributed by atoms with Gasteiger partial charge in [-0.25, -0.2) is 0 Å². The normalized spacial score (nSPS) is 13.6. The molecule has 5 heteroatoms. The van der Waals surface area contributed by atoms with E-state index in [1.165, 1.54) is 0 Å². The maximum absolute atomic E-state index is 13.2. The van der Waals surface area contributed by atoms with Gasteiger partial charge in [0.2, 0.25) is 0 Å². The number of carbonyl (C=O) groups is 1. The Balaban J connectivity index is 1.76. The molecular weight excluding hydrogens is 416 g/mol. The van der Waals surface area contributed by atoms with Crippen molar-refractivity contribution in [1.82, 2.24) is 9.88 Å². The summed E-state index contributed by atoms with van der Waals surface area (Å²) in [5, 5.41) is 5.60.